The fourth-order valence-electron chi connectivity index (χ4n) is 2.85. The third kappa shape index (κ3) is 4.96. The Bertz CT molecular complexity index is 470. The molecular formula is C19H28O. The van der Waals surface area contributed by atoms with E-state index >= 15 is 0 Å². The lowest BCUT2D eigenvalue weighted by molar-refractivity contribution is -0.104. The largest absolute Gasteiger partial charge is 0.298 e. The summed E-state index contributed by atoms with van der Waals surface area (Å²) in [7, 11) is 0. The molecule has 0 aromatic heterocycles. The van der Waals surface area contributed by atoms with E-state index in [2.05, 4.69) is 39.8 Å². The Labute approximate surface area is 124 Å². The third-order valence-electron chi connectivity index (χ3n) is 4.22. The lowest BCUT2D eigenvalue weighted by Crippen LogP contribution is -2.20. The lowest BCUT2D eigenvalue weighted by Gasteiger charge is -2.34. The van der Waals surface area contributed by atoms with Gasteiger partial charge >= 0.3 is 0 Å². The standard InChI is InChI=1S/C19H28O/c1-15(8-6-9-16(2)14-20)11-12-18-17(3)10-7-13-19(18,4)5/h6,8-9,11,14H,7,10,12-13H2,1-5H3/b8-6+,15-11+,16-9+. The average molecular weight is 272 g/mol. The highest BCUT2D eigenvalue weighted by molar-refractivity contribution is 5.72. The molecule has 1 nitrogen and oxygen atoms in total. The van der Waals surface area contributed by atoms with E-state index in [-0.39, 0.29) is 0 Å². The minimum absolute atomic E-state index is 0.344. The normalized spacial score (nSPS) is 20.6. The molecule has 0 N–H and O–H groups in total. The average Bonchev–Trinajstić information content (AvgIpc) is 2.37. The van der Waals surface area contributed by atoms with Crippen molar-refractivity contribution in [3.05, 3.63) is 46.6 Å². The van der Waals surface area contributed by atoms with Gasteiger partial charge in [-0.15, -0.1) is 0 Å². The van der Waals surface area contributed by atoms with Crippen molar-refractivity contribution in [3.8, 4) is 0 Å². The Morgan fingerprint density at radius 3 is 2.55 bits per heavy atom. The SMILES string of the molecule is CC1=C(C/C=C(C)/C=C/C=C(\C)C=O)C(C)(C)CCC1. The molecule has 0 saturated heterocycles. The number of carbonyl (C=O) groups excluding carboxylic acids is 1. The maximum atomic E-state index is 10.5. The lowest BCUT2D eigenvalue weighted by atomic mass is 9.71. The molecule has 0 bridgehead atoms. The number of hydrogen-bond acceptors (Lipinski definition) is 1. The summed E-state index contributed by atoms with van der Waals surface area (Å²) in [5.41, 5.74) is 5.53. The van der Waals surface area contributed by atoms with E-state index in [1.807, 2.05) is 19.1 Å². The molecule has 0 radical (unpaired) electrons. The van der Waals surface area contributed by atoms with Crippen LogP contribution in [0.1, 0.15) is 60.3 Å². The van der Waals surface area contributed by atoms with E-state index in [1.165, 1.54) is 24.8 Å². The van der Waals surface area contributed by atoms with Gasteiger partial charge in [0, 0.05) is 0 Å². The van der Waals surface area contributed by atoms with Gasteiger partial charge in [0.1, 0.15) is 6.29 Å². The fraction of sp³-hybridized carbons (Fsp3) is 0.526. The van der Waals surface area contributed by atoms with E-state index < -0.39 is 0 Å². The predicted molar refractivity (Wildman–Crippen MR) is 87.7 cm³/mol. The maximum Gasteiger partial charge on any atom is 0.145 e. The zero-order chi connectivity index (χ0) is 15.2. The molecule has 110 valence electrons. The van der Waals surface area contributed by atoms with Gasteiger partial charge in [0.2, 0.25) is 0 Å². The van der Waals surface area contributed by atoms with Gasteiger partial charge in [-0.1, -0.05) is 54.9 Å². The van der Waals surface area contributed by atoms with E-state index in [0.717, 1.165) is 18.3 Å². The first kappa shape index (κ1) is 16.7. The summed E-state index contributed by atoms with van der Waals surface area (Å²) < 4.78 is 0. The molecule has 1 rings (SSSR count). The molecule has 0 aromatic rings. The molecule has 0 spiro atoms. The van der Waals surface area contributed by atoms with Crippen molar-refractivity contribution < 1.29 is 4.79 Å². The van der Waals surface area contributed by atoms with Crippen LogP contribution in [0, 0.1) is 5.41 Å². The quantitative estimate of drug-likeness (QED) is 0.277. The summed E-state index contributed by atoms with van der Waals surface area (Å²) >= 11 is 0. The number of aldehydes is 1. The Kier molecular flexibility index (Phi) is 6.19. The van der Waals surface area contributed by atoms with Crippen LogP contribution in [0.3, 0.4) is 0 Å². The Morgan fingerprint density at radius 2 is 1.95 bits per heavy atom. The van der Waals surface area contributed by atoms with Crippen LogP contribution < -0.4 is 0 Å². The van der Waals surface area contributed by atoms with Gasteiger partial charge in [-0.05, 0) is 57.4 Å². The van der Waals surface area contributed by atoms with Crippen LogP contribution in [-0.2, 0) is 4.79 Å². The van der Waals surface area contributed by atoms with Crippen molar-refractivity contribution in [3.63, 3.8) is 0 Å². The summed E-state index contributed by atoms with van der Waals surface area (Å²) in [5, 5.41) is 0. The number of allylic oxidation sites excluding steroid dienone is 8. The maximum absolute atomic E-state index is 10.5. The summed E-state index contributed by atoms with van der Waals surface area (Å²) in [6.45, 7) is 10.9. The molecule has 0 aromatic carbocycles. The Hall–Kier alpha value is -1.37. The first-order valence-corrected chi connectivity index (χ1v) is 7.53. The first-order chi connectivity index (χ1) is 9.36. The first-order valence-electron chi connectivity index (χ1n) is 7.53. The van der Waals surface area contributed by atoms with Crippen LogP contribution in [0.2, 0.25) is 0 Å². The number of carbonyl (C=O) groups is 1. The van der Waals surface area contributed by atoms with Gasteiger partial charge < -0.3 is 0 Å². The molecule has 0 heterocycles. The Morgan fingerprint density at radius 1 is 1.25 bits per heavy atom. The van der Waals surface area contributed by atoms with E-state index in [9.17, 15) is 4.79 Å². The van der Waals surface area contributed by atoms with Gasteiger partial charge in [0.25, 0.3) is 0 Å². The number of hydrogen-bond donors (Lipinski definition) is 0. The minimum Gasteiger partial charge on any atom is -0.298 e. The highest BCUT2D eigenvalue weighted by atomic mass is 16.1. The smallest absolute Gasteiger partial charge is 0.145 e. The minimum atomic E-state index is 0.344. The van der Waals surface area contributed by atoms with Gasteiger partial charge in [-0.25, -0.2) is 0 Å². The van der Waals surface area contributed by atoms with Gasteiger partial charge in [-0.3, -0.25) is 4.79 Å². The van der Waals surface area contributed by atoms with E-state index in [0.29, 0.717) is 5.41 Å². The molecule has 0 unspecified atom stereocenters. The van der Waals surface area contributed by atoms with Crippen LogP contribution in [0.15, 0.2) is 46.6 Å². The van der Waals surface area contributed by atoms with Crippen LogP contribution in [0.4, 0.5) is 0 Å². The monoisotopic (exact) mass is 272 g/mol. The predicted octanol–water partition coefficient (Wildman–Crippen LogP) is 5.55. The summed E-state index contributed by atoms with van der Waals surface area (Å²) in [6.07, 6.45) is 14.0. The Balaban J connectivity index is 2.74. The van der Waals surface area contributed by atoms with Gasteiger partial charge in [-0.2, -0.15) is 0 Å². The van der Waals surface area contributed by atoms with Crippen LogP contribution in [-0.4, -0.2) is 6.29 Å². The van der Waals surface area contributed by atoms with Crippen molar-refractivity contribution in [2.75, 3.05) is 0 Å². The van der Waals surface area contributed by atoms with Crippen molar-refractivity contribution in [2.45, 2.75) is 60.3 Å². The second-order valence-corrected chi connectivity index (χ2v) is 6.54. The highest BCUT2D eigenvalue weighted by Gasteiger charge is 2.27. The molecule has 1 aliphatic carbocycles. The fourth-order valence-corrected chi connectivity index (χ4v) is 2.85. The summed E-state index contributed by atoms with van der Waals surface area (Å²) in [4.78, 5) is 10.5. The van der Waals surface area contributed by atoms with Crippen molar-refractivity contribution >= 4 is 6.29 Å². The molecular weight excluding hydrogens is 244 g/mol. The van der Waals surface area contributed by atoms with Crippen molar-refractivity contribution in [1.82, 2.24) is 0 Å². The highest BCUT2D eigenvalue weighted by Crippen LogP contribution is 2.41. The van der Waals surface area contributed by atoms with E-state index in [4.69, 9.17) is 0 Å². The summed E-state index contributed by atoms with van der Waals surface area (Å²) in [6, 6.07) is 0. The molecule has 1 heteroatoms. The van der Waals surface area contributed by atoms with E-state index in [1.54, 1.807) is 11.1 Å². The number of rotatable bonds is 5. The van der Waals surface area contributed by atoms with Crippen LogP contribution >= 0.6 is 0 Å². The van der Waals surface area contributed by atoms with Crippen LogP contribution in [0.25, 0.3) is 0 Å². The van der Waals surface area contributed by atoms with Gasteiger partial charge in [0.15, 0.2) is 0 Å². The third-order valence-corrected chi connectivity index (χ3v) is 4.22. The molecule has 20 heavy (non-hydrogen) atoms. The second-order valence-electron chi connectivity index (χ2n) is 6.54. The topological polar surface area (TPSA) is 17.1 Å². The van der Waals surface area contributed by atoms with Crippen molar-refractivity contribution in [1.29, 1.82) is 0 Å². The molecule has 1 aliphatic rings. The van der Waals surface area contributed by atoms with Gasteiger partial charge in [0.05, 0.1) is 0 Å². The molecule has 0 fully saturated rings. The van der Waals surface area contributed by atoms with Crippen LogP contribution in [0.5, 0.6) is 0 Å². The summed E-state index contributed by atoms with van der Waals surface area (Å²) in [5.74, 6) is 0. The van der Waals surface area contributed by atoms with Crippen molar-refractivity contribution in [2.24, 2.45) is 5.41 Å². The molecule has 0 saturated carbocycles. The zero-order valence-corrected chi connectivity index (χ0v) is 13.6. The molecule has 0 aliphatic heterocycles. The molecule has 0 atom stereocenters. The molecule has 0 amide bonds. The zero-order valence-electron chi connectivity index (χ0n) is 13.6. The second kappa shape index (κ2) is 7.42.